The Bertz CT molecular complexity index is 1390. The van der Waals surface area contributed by atoms with Crippen molar-refractivity contribution in [2.75, 3.05) is 24.6 Å². The first-order valence-corrected chi connectivity index (χ1v) is 16.5. The molecule has 2 heterocycles. The number of aryl methyl sites for hydroxylation is 1. The number of hydrogen-bond acceptors (Lipinski definition) is 5. The van der Waals surface area contributed by atoms with E-state index in [0.717, 1.165) is 55.2 Å². The maximum absolute atomic E-state index is 13.4. The Morgan fingerprint density at radius 1 is 1.15 bits per heavy atom. The minimum atomic E-state index is -1.59. The van der Waals surface area contributed by atoms with E-state index in [0.29, 0.717) is 36.8 Å². The van der Waals surface area contributed by atoms with Gasteiger partial charge in [-0.2, -0.15) is 0 Å². The van der Waals surface area contributed by atoms with Crippen molar-refractivity contribution in [3.05, 3.63) is 70.3 Å². The Hall–Kier alpha value is -2.35. The Morgan fingerprint density at radius 3 is 2.78 bits per heavy atom. The van der Waals surface area contributed by atoms with Crippen LogP contribution < -0.4 is 14.4 Å². The molecule has 6 nitrogen and oxygen atoms in total. The highest BCUT2D eigenvalue weighted by Crippen LogP contribution is 2.48. The van der Waals surface area contributed by atoms with Crippen LogP contribution in [0.1, 0.15) is 74.4 Å². The lowest BCUT2D eigenvalue weighted by atomic mass is 9.62. The molecule has 6 rings (SSSR count). The van der Waals surface area contributed by atoms with Crippen LogP contribution in [0.2, 0.25) is 5.02 Å². The smallest absolute Gasteiger partial charge is 0.263 e. The molecule has 220 valence electrons. The van der Waals surface area contributed by atoms with Crippen LogP contribution in [0.15, 0.2) is 48.6 Å². The number of aliphatic hydroxyl groups is 1. The number of rotatable bonds is 0. The summed E-state index contributed by atoms with van der Waals surface area (Å²) in [6.45, 7) is 8.14. The molecule has 41 heavy (non-hydrogen) atoms. The number of nitrogens with one attached hydrogen (secondary N) is 1. The molecule has 1 saturated carbocycles. The predicted molar refractivity (Wildman–Crippen MR) is 165 cm³/mol. The summed E-state index contributed by atoms with van der Waals surface area (Å²) in [5.74, 6) is 1.43. The maximum Gasteiger partial charge on any atom is 0.263 e. The van der Waals surface area contributed by atoms with Gasteiger partial charge < -0.3 is 14.7 Å². The van der Waals surface area contributed by atoms with Crippen LogP contribution in [-0.4, -0.2) is 45.8 Å². The molecule has 0 aromatic heterocycles. The first-order chi connectivity index (χ1) is 19.6. The number of carbonyl (C=O) groups excluding carboxylic acids is 1. The SMILES string of the molecule is CC1CC2C(O)C/C=C/CC(C)(C)S(=O)NC(=O)c3ccc4c(c3)N(CC12)CC1(CCCc2cc(Cl)ccc21)CO4. The van der Waals surface area contributed by atoms with Crippen LogP contribution >= 0.6 is 11.6 Å². The molecular formula is C33H41ClN2O4S. The van der Waals surface area contributed by atoms with E-state index in [2.05, 4.69) is 28.7 Å². The van der Waals surface area contributed by atoms with E-state index in [1.165, 1.54) is 11.1 Å². The number of aliphatic hydroxyl groups excluding tert-OH is 1. The molecule has 2 aliphatic heterocycles. The second kappa shape index (κ2) is 11.1. The molecule has 2 bridgehead atoms. The lowest BCUT2D eigenvalue weighted by Crippen LogP contribution is -2.52. The molecule has 2 aromatic carbocycles. The van der Waals surface area contributed by atoms with Crippen molar-refractivity contribution < 1.29 is 18.8 Å². The van der Waals surface area contributed by atoms with Crippen molar-refractivity contribution in [3.8, 4) is 5.75 Å². The highest BCUT2D eigenvalue weighted by molar-refractivity contribution is 7.85. The Kier molecular flexibility index (Phi) is 7.75. The van der Waals surface area contributed by atoms with Crippen molar-refractivity contribution in [2.24, 2.45) is 17.8 Å². The third-order valence-electron chi connectivity index (χ3n) is 9.99. The topological polar surface area (TPSA) is 78.9 Å². The Morgan fingerprint density at radius 2 is 1.98 bits per heavy atom. The summed E-state index contributed by atoms with van der Waals surface area (Å²) in [5.41, 5.74) is 3.73. The second-order valence-electron chi connectivity index (χ2n) is 13.3. The summed E-state index contributed by atoms with van der Waals surface area (Å²) in [7, 11) is -1.59. The molecule has 2 aromatic rings. The summed E-state index contributed by atoms with van der Waals surface area (Å²) >= 11 is 6.41. The zero-order valence-electron chi connectivity index (χ0n) is 24.2. The van der Waals surface area contributed by atoms with Gasteiger partial charge in [0, 0.05) is 29.1 Å². The molecule has 1 spiro atoms. The van der Waals surface area contributed by atoms with Crippen molar-refractivity contribution in [2.45, 2.75) is 75.6 Å². The number of allylic oxidation sites excluding steroid dienone is 1. The number of halogens is 1. The number of nitrogens with zero attached hydrogens (tertiary/aromatic N) is 1. The molecule has 2 N–H and O–H groups in total. The fraction of sp³-hybridized carbons (Fsp3) is 0.545. The summed E-state index contributed by atoms with van der Waals surface area (Å²) < 4.78 is 21.9. The molecule has 0 radical (unpaired) electrons. The van der Waals surface area contributed by atoms with Crippen LogP contribution in [0.5, 0.6) is 5.75 Å². The van der Waals surface area contributed by atoms with Crippen LogP contribution in [0.4, 0.5) is 5.69 Å². The van der Waals surface area contributed by atoms with Gasteiger partial charge in [-0.1, -0.05) is 36.7 Å². The number of hydrogen-bond donors (Lipinski definition) is 2. The molecule has 4 aliphatic rings. The van der Waals surface area contributed by atoms with Gasteiger partial charge in [-0.25, -0.2) is 4.21 Å². The minimum Gasteiger partial charge on any atom is -0.490 e. The van der Waals surface area contributed by atoms with Crippen LogP contribution in [-0.2, 0) is 22.8 Å². The average molecular weight is 597 g/mol. The summed E-state index contributed by atoms with van der Waals surface area (Å²) in [4.78, 5) is 15.8. The zero-order chi connectivity index (χ0) is 28.9. The predicted octanol–water partition coefficient (Wildman–Crippen LogP) is 5.97. The molecular weight excluding hydrogens is 556 g/mol. The quantitative estimate of drug-likeness (QED) is 0.367. The lowest BCUT2D eigenvalue weighted by Gasteiger charge is -2.49. The van der Waals surface area contributed by atoms with E-state index in [-0.39, 0.29) is 17.2 Å². The number of anilines is 1. The van der Waals surface area contributed by atoms with E-state index in [1.807, 2.05) is 44.2 Å². The Labute approximate surface area is 251 Å². The van der Waals surface area contributed by atoms with Crippen LogP contribution in [0, 0.1) is 17.8 Å². The third-order valence-corrected chi connectivity index (χ3v) is 11.8. The highest BCUT2D eigenvalue weighted by Gasteiger charge is 2.46. The molecule has 2 aliphatic carbocycles. The van der Waals surface area contributed by atoms with Gasteiger partial charge in [-0.05, 0) is 112 Å². The van der Waals surface area contributed by atoms with Crippen molar-refractivity contribution in [1.82, 2.24) is 4.72 Å². The molecule has 6 unspecified atom stereocenters. The number of ether oxygens (including phenoxy) is 1. The molecule has 8 heteroatoms. The van der Waals surface area contributed by atoms with Crippen molar-refractivity contribution in [3.63, 3.8) is 0 Å². The number of amides is 1. The largest absolute Gasteiger partial charge is 0.490 e. The number of benzene rings is 2. The fourth-order valence-corrected chi connectivity index (χ4v) is 8.41. The Balaban J connectivity index is 1.43. The summed E-state index contributed by atoms with van der Waals surface area (Å²) in [6, 6.07) is 11.8. The molecule has 6 atom stereocenters. The summed E-state index contributed by atoms with van der Waals surface area (Å²) in [5, 5.41) is 12.0. The van der Waals surface area contributed by atoms with Crippen LogP contribution in [0.25, 0.3) is 0 Å². The minimum absolute atomic E-state index is 0.206. The average Bonchev–Trinajstić information content (AvgIpc) is 3.09. The highest BCUT2D eigenvalue weighted by atomic mass is 35.5. The second-order valence-corrected chi connectivity index (χ2v) is 15.5. The number of carbonyl (C=O) groups is 1. The van der Waals surface area contributed by atoms with Gasteiger partial charge in [0.05, 0.1) is 23.1 Å². The molecule has 1 amide bonds. The first kappa shape index (κ1) is 28.8. The first-order valence-electron chi connectivity index (χ1n) is 14.9. The van der Waals surface area contributed by atoms with Gasteiger partial charge in [0.15, 0.2) is 0 Å². The number of fused-ring (bicyclic) bond motifs is 4. The normalized spacial score (nSPS) is 33.8. The molecule has 0 saturated heterocycles. The van der Waals surface area contributed by atoms with Gasteiger partial charge >= 0.3 is 0 Å². The van der Waals surface area contributed by atoms with Crippen molar-refractivity contribution in [1.29, 1.82) is 0 Å². The standard InChI is InChI=1S/C33H41ClN2O4S/c1-21-15-25-26(21)18-36-19-33(14-6-7-22-16-24(34)10-11-27(22)33)20-40-30-12-9-23(17-28(30)36)31(38)35-41(39)32(2,3)13-5-4-8-29(25)37/h4-5,9-12,16-17,21,25-26,29,37H,6-8,13-15,18-20H2,1-3H3,(H,35,38)/b5-4+. The van der Waals surface area contributed by atoms with E-state index >= 15 is 0 Å². The maximum atomic E-state index is 13.4. The lowest BCUT2D eigenvalue weighted by molar-refractivity contribution is -0.0223. The van der Waals surface area contributed by atoms with Crippen LogP contribution in [0.3, 0.4) is 0 Å². The van der Waals surface area contributed by atoms with Gasteiger partial charge in [0.25, 0.3) is 5.91 Å². The molecule has 1 fully saturated rings. The fourth-order valence-electron chi connectivity index (χ4n) is 7.41. The van der Waals surface area contributed by atoms with Gasteiger partial charge in [-0.15, -0.1) is 0 Å². The van der Waals surface area contributed by atoms with E-state index in [9.17, 15) is 14.1 Å². The monoisotopic (exact) mass is 596 g/mol. The summed E-state index contributed by atoms with van der Waals surface area (Å²) in [6.07, 6.45) is 8.76. The van der Waals surface area contributed by atoms with E-state index < -0.39 is 21.8 Å². The van der Waals surface area contributed by atoms with Gasteiger partial charge in [0.1, 0.15) is 16.7 Å². The van der Waals surface area contributed by atoms with Gasteiger partial charge in [-0.3, -0.25) is 9.52 Å². The van der Waals surface area contributed by atoms with E-state index in [4.69, 9.17) is 16.3 Å². The van der Waals surface area contributed by atoms with Gasteiger partial charge in [0.2, 0.25) is 0 Å². The zero-order valence-corrected chi connectivity index (χ0v) is 25.8. The van der Waals surface area contributed by atoms with E-state index in [1.54, 1.807) is 6.07 Å². The van der Waals surface area contributed by atoms with Crippen molar-refractivity contribution >= 4 is 34.2 Å². The third kappa shape index (κ3) is 5.46.